The van der Waals surface area contributed by atoms with Gasteiger partial charge < -0.3 is 15.8 Å². The maximum Gasteiger partial charge on any atom is 0.257 e. The van der Waals surface area contributed by atoms with Crippen LogP contribution in [-0.2, 0) is 0 Å². The van der Waals surface area contributed by atoms with Crippen LogP contribution in [0.15, 0.2) is 40.9 Å². The van der Waals surface area contributed by atoms with E-state index in [1.165, 1.54) is 0 Å². The summed E-state index contributed by atoms with van der Waals surface area (Å²) in [5.41, 5.74) is 8.40. The number of anilines is 2. The zero-order valence-corrected chi connectivity index (χ0v) is 12.8. The van der Waals surface area contributed by atoms with Gasteiger partial charge in [-0.15, -0.1) is 0 Å². The molecule has 0 spiro atoms. The van der Waals surface area contributed by atoms with Crippen LogP contribution in [0.4, 0.5) is 11.4 Å². The minimum Gasteiger partial charge on any atom is -0.497 e. The van der Waals surface area contributed by atoms with Crippen LogP contribution < -0.4 is 15.8 Å². The van der Waals surface area contributed by atoms with Gasteiger partial charge in [0.05, 0.1) is 18.4 Å². The molecule has 2 aromatic carbocycles. The van der Waals surface area contributed by atoms with Crippen molar-refractivity contribution in [3.8, 4) is 5.75 Å². The second-order valence-corrected chi connectivity index (χ2v) is 5.24. The van der Waals surface area contributed by atoms with E-state index in [-0.39, 0.29) is 5.91 Å². The Morgan fingerprint density at radius 2 is 2.00 bits per heavy atom. The van der Waals surface area contributed by atoms with E-state index in [4.69, 9.17) is 10.5 Å². The lowest BCUT2D eigenvalue weighted by molar-refractivity contribution is 0.102. The molecular weight excluding hydrogens is 320 g/mol. The van der Waals surface area contributed by atoms with Crippen molar-refractivity contribution < 1.29 is 9.53 Å². The zero-order chi connectivity index (χ0) is 14.7. The maximum absolute atomic E-state index is 12.3. The Morgan fingerprint density at radius 1 is 1.25 bits per heavy atom. The van der Waals surface area contributed by atoms with Gasteiger partial charge in [0, 0.05) is 10.2 Å². The normalized spacial score (nSPS) is 10.2. The van der Waals surface area contributed by atoms with Crippen LogP contribution in [0.25, 0.3) is 0 Å². The number of hydrogen-bond donors (Lipinski definition) is 2. The number of rotatable bonds is 3. The number of aryl methyl sites for hydroxylation is 1. The molecule has 3 N–H and O–H groups in total. The Hall–Kier alpha value is -2.01. The first-order valence-corrected chi connectivity index (χ1v) is 6.81. The van der Waals surface area contributed by atoms with Crippen LogP contribution in [-0.4, -0.2) is 13.0 Å². The van der Waals surface area contributed by atoms with Gasteiger partial charge in [-0.3, -0.25) is 4.79 Å². The number of carbonyl (C=O) groups is 1. The fourth-order valence-corrected chi connectivity index (χ4v) is 2.13. The monoisotopic (exact) mass is 334 g/mol. The lowest BCUT2D eigenvalue weighted by Gasteiger charge is -2.11. The van der Waals surface area contributed by atoms with Gasteiger partial charge in [0.15, 0.2) is 0 Å². The second-order valence-electron chi connectivity index (χ2n) is 4.39. The van der Waals surface area contributed by atoms with Crippen molar-refractivity contribution in [2.24, 2.45) is 0 Å². The molecule has 0 atom stereocenters. The quantitative estimate of drug-likeness (QED) is 0.843. The average molecular weight is 335 g/mol. The summed E-state index contributed by atoms with van der Waals surface area (Å²) in [6, 6.07) is 10.7. The molecule has 1 amide bonds. The molecule has 0 saturated carbocycles. The molecule has 2 aromatic rings. The molecule has 0 saturated heterocycles. The third kappa shape index (κ3) is 3.11. The van der Waals surface area contributed by atoms with E-state index in [0.717, 1.165) is 10.0 Å². The number of carbonyl (C=O) groups excluding carboxylic acids is 1. The number of ether oxygens (including phenoxy) is 1. The van der Waals surface area contributed by atoms with Gasteiger partial charge in [-0.1, -0.05) is 6.07 Å². The number of methoxy groups -OCH3 is 1. The number of benzene rings is 2. The van der Waals surface area contributed by atoms with Crippen LogP contribution in [0.2, 0.25) is 0 Å². The molecule has 5 heteroatoms. The molecule has 20 heavy (non-hydrogen) atoms. The molecule has 0 aromatic heterocycles. The van der Waals surface area contributed by atoms with E-state index in [1.54, 1.807) is 25.3 Å². The molecule has 0 aliphatic rings. The highest BCUT2D eigenvalue weighted by molar-refractivity contribution is 9.10. The number of amides is 1. The van der Waals surface area contributed by atoms with Crippen molar-refractivity contribution in [1.29, 1.82) is 0 Å². The van der Waals surface area contributed by atoms with Gasteiger partial charge in [0.2, 0.25) is 0 Å². The summed E-state index contributed by atoms with van der Waals surface area (Å²) in [6.07, 6.45) is 0. The Bertz CT molecular complexity index is 656. The minimum atomic E-state index is -0.271. The highest BCUT2D eigenvalue weighted by Gasteiger charge is 2.12. The van der Waals surface area contributed by atoms with Gasteiger partial charge in [0.25, 0.3) is 5.91 Å². The van der Waals surface area contributed by atoms with Crippen molar-refractivity contribution in [2.75, 3.05) is 18.2 Å². The minimum absolute atomic E-state index is 0.271. The number of nitrogen functional groups attached to an aromatic ring is 1. The van der Waals surface area contributed by atoms with Crippen molar-refractivity contribution >= 4 is 33.2 Å². The zero-order valence-electron chi connectivity index (χ0n) is 11.2. The predicted molar refractivity (Wildman–Crippen MR) is 84.2 cm³/mol. The van der Waals surface area contributed by atoms with Crippen LogP contribution in [0.1, 0.15) is 15.9 Å². The number of hydrogen-bond acceptors (Lipinski definition) is 3. The summed E-state index contributed by atoms with van der Waals surface area (Å²) in [6.45, 7) is 1.96. The van der Waals surface area contributed by atoms with Crippen molar-refractivity contribution in [3.05, 3.63) is 52.0 Å². The summed E-state index contributed by atoms with van der Waals surface area (Å²) in [5, 5.41) is 2.84. The summed E-state index contributed by atoms with van der Waals surface area (Å²) in [7, 11) is 1.55. The number of nitrogens with one attached hydrogen (secondary N) is 1. The topological polar surface area (TPSA) is 64.3 Å². The van der Waals surface area contributed by atoms with Gasteiger partial charge in [-0.05, 0) is 58.7 Å². The first-order valence-electron chi connectivity index (χ1n) is 6.02. The molecule has 0 fully saturated rings. The standard InChI is InChI=1S/C15H15BrN2O2/c1-9-3-5-12(16)14(7-9)18-15(19)11-8-10(20-2)4-6-13(11)17/h3-8H,17H2,1-2H3,(H,18,19). The van der Waals surface area contributed by atoms with Crippen LogP contribution >= 0.6 is 15.9 Å². The van der Waals surface area contributed by atoms with E-state index in [0.29, 0.717) is 22.7 Å². The highest BCUT2D eigenvalue weighted by atomic mass is 79.9. The van der Waals surface area contributed by atoms with E-state index >= 15 is 0 Å². The van der Waals surface area contributed by atoms with Crippen LogP contribution in [0.5, 0.6) is 5.75 Å². The molecule has 2 rings (SSSR count). The Balaban J connectivity index is 2.30. The Morgan fingerprint density at radius 3 is 2.70 bits per heavy atom. The van der Waals surface area contributed by atoms with E-state index < -0.39 is 0 Å². The highest BCUT2D eigenvalue weighted by Crippen LogP contribution is 2.26. The first kappa shape index (κ1) is 14.4. The molecule has 0 aliphatic carbocycles. The third-order valence-electron chi connectivity index (χ3n) is 2.88. The van der Waals surface area contributed by atoms with Crippen molar-refractivity contribution in [3.63, 3.8) is 0 Å². The fourth-order valence-electron chi connectivity index (χ4n) is 1.78. The van der Waals surface area contributed by atoms with Gasteiger partial charge in [-0.2, -0.15) is 0 Å². The van der Waals surface area contributed by atoms with Crippen LogP contribution in [0, 0.1) is 6.92 Å². The Labute approximate surface area is 126 Å². The summed E-state index contributed by atoms with van der Waals surface area (Å²) < 4.78 is 5.93. The van der Waals surface area contributed by atoms with Crippen molar-refractivity contribution in [2.45, 2.75) is 6.92 Å². The average Bonchev–Trinajstić information content (AvgIpc) is 2.43. The molecular formula is C15H15BrN2O2. The summed E-state index contributed by atoms with van der Waals surface area (Å²) in [4.78, 5) is 12.3. The van der Waals surface area contributed by atoms with E-state index in [9.17, 15) is 4.79 Å². The van der Waals surface area contributed by atoms with Crippen LogP contribution in [0.3, 0.4) is 0 Å². The Kier molecular flexibility index (Phi) is 4.29. The SMILES string of the molecule is COc1ccc(N)c(C(=O)Nc2cc(C)ccc2Br)c1. The molecule has 0 aliphatic heterocycles. The maximum atomic E-state index is 12.3. The number of halogens is 1. The summed E-state index contributed by atoms with van der Waals surface area (Å²) in [5.74, 6) is 0.320. The molecule has 104 valence electrons. The third-order valence-corrected chi connectivity index (χ3v) is 3.57. The lowest BCUT2D eigenvalue weighted by Crippen LogP contribution is -2.14. The molecule has 4 nitrogen and oxygen atoms in total. The van der Waals surface area contributed by atoms with E-state index in [1.807, 2.05) is 25.1 Å². The first-order chi connectivity index (χ1) is 9.51. The van der Waals surface area contributed by atoms with Crippen molar-refractivity contribution in [1.82, 2.24) is 0 Å². The number of nitrogens with two attached hydrogens (primary N) is 1. The molecule has 0 unspecified atom stereocenters. The van der Waals surface area contributed by atoms with Gasteiger partial charge in [0.1, 0.15) is 5.75 Å². The molecule has 0 bridgehead atoms. The predicted octanol–water partition coefficient (Wildman–Crippen LogP) is 3.60. The second kappa shape index (κ2) is 5.96. The largest absolute Gasteiger partial charge is 0.497 e. The molecule has 0 heterocycles. The smallest absolute Gasteiger partial charge is 0.257 e. The van der Waals surface area contributed by atoms with Gasteiger partial charge in [-0.25, -0.2) is 0 Å². The van der Waals surface area contributed by atoms with E-state index in [2.05, 4.69) is 21.2 Å². The molecule has 0 radical (unpaired) electrons. The fraction of sp³-hybridized carbons (Fsp3) is 0.133. The lowest BCUT2D eigenvalue weighted by atomic mass is 10.1. The van der Waals surface area contributed by atoms with Gasteiger partial charge >= 0.3 is 0 Å². The summed E-state index contributed by atoms with van der Waals surface area (Å²) >= 11 is 3.41.